The molecular formula is C18H27ClN2O. The van der Waals surface area contributed by atoms with Crippen molar-refractivity contribution in [3.05, 3.63) is 34.9 Å². The highest BCUT2D eigenvalue weighted by molar-refractivity contribution is 6.31. The quantitative estimate of drug-likeness (QED) is 0.846. The van der Waals surface area contributed by atoms with Gasteiger partial charge in [-0.1, -0.05) is 29.8 Å². The van der Waals surface area contributed by atoms with Crippen molar-refractivity contribution in [2.75, 3.05) is 45.9 Å². The molecule has 0 aliphatic carbocycles. The fourth-order valence-corrected chi connectivity index (χ4v) is 4.14. The van der Waals surface area contributed by atoms with Crippen molar-refractivity contribution in [2.24, 2.45) is 0 Å². The van der Waals surface area contributed by atoms with Gasteiger partial charge in [0.2, 0.25) is 0 Å². The Balaban J connectivity index is 1.59. The molecule has 2 aliphatic rings. The zero-order valence-corrected chi connectivity index (χ0v) is 14.5. The molecule has 1 atom stereocenters. The summed E-state index contributed by atoms with van der Waals surface area (Å²) in [5, 5.41) is 0.918. The van der Waals surface area contributed by atoms with Crippen molar-refractivity contribution < 1.29 is 4.74 Å². The van der Waals surface area contributed by atoms with Crippen molar-refractivity contribution in [1.29, 1.82) is 0 Å². The molecule has 1 aromatic rings. The van der Waals surface area contributed by atoms with Crippen molar-refractivity contribution >= 4 is 11.6 Å². The number of likely N-dealkylation sites (tertiary alicyclic amines) is 1. The second-order valence-corrected chi connectivity index (χ2v) is 7.56. The van der Waals surface area contributed by atoms with E-state index >= 15 is 0 Å². The van der Waals surface area contributed by atoms with Gasteiger partial charge in [0.15, 0.2) is 0 Å². The minimum Gasteiger partial charge on any atom is -0.379 e. The number of benzene rings is 1. The predicted octanol–water partition coefficient (Wildman–Crippen LogP) is 3.24. The van der Waals surface area contributed by atoms with Gasteiger partial charge in [0.25, 0.3) is 0 Å². The Morgan fingerprint density at radius 3 is 2.64 bits per heavy atom. The maximum atomic E-state index is 6.37. The summed E-state index contributed by atoms with van der Waals surface area (Å²) in [6.07, 6.45) is 1.21. The SMILES string of the molecule is CC(C)(CN1CCC(c2ccccc2Cl)C1)N1CCOCC1. The van der Waals surface area contributed by atoms with Gasteiger partial charge in [-0.05, 0) is 44.4 Å². The second-order valence-electron chi connectivity index (χ2n) is 7.15. The molecule has 2 heterocycles. The zero-order chi connectivity index (χ0) is 15.6. The van der Waals surface area contributed by atoms with Gasteiger partial charge in [0.1, 0.15) is 0 Å². The normalized spacial score (nSPS) is 24.8. The smallest absolute Gasteiger partial charge is 0.0594 e. The van der Waals surface area contributed by atoms with Gasteiger partial charge in [-0.25, -0.2) is 0 Å². The van der Waals surface area contributed by atoms with Crippen molar-refractivity contribution in [3.63, 3.8) is 0 Å². The lowest BCUT2D eigenvalue weighted by Gasteiger charge is -2.43. The molecule has 0 radical (unpaired) electrons. The first-order chi connectivity index (χ1) is 10.6. The number of hydrogen-bond acceptors (Lipinski definition) is 3. The van der Waals surface area contributed by atoms with Crippen LogP contribution in [0.25, 0.3) is 0 Å². The summed E-state index contributed by atoms with van der Waals surface area (Å²) < 4.78 is 5.48. The Kier molecular flexibility index (Phi) is 5.08. The molecule has 1 unspecified atom stereocenters. The van der Waals surface area contributed by atoms with E-state index in [9.17, 15) is 0 Å². The molecular weight excluding hydrogens is 296 g/mol. The minimum atomic E-state index is 0.207. The van der Waals surface area contributed by atoms with Crippen molar-refractivity contribution in [1.82, 2.24) is 9.80 Å². The maximum absolute atomic E-state index is 6.37. The van der Waals surface area contributed by atoms with Gasteiger partial charge in [0.05, 0.1) is 13.2 Å². The molecule has 1 aromatic carbocycles. The topological polar surface area (TPSA) is 15.7 Å². The fourth-order valence-electron chi connectivity index (χ4n) is 3.85. The van der Waals surface area contributed by atoms with Crippen LogP contribution >= 0.6 is 11.6 Å². The van der Waals surface area contributed by atoms with E-state index in [0.717, 1.165) is 44.4 Å². The molecule has 0 saturated carbocycles. The molecule has 0 N–H and O–H groups in total. The van der Waals surface area contributed by atoms with Crippen molar-refractivity contribution in [3.8, 4) is 0 Å². The molecule has 2 saturated heterocycles. The summed E-state index contributed by atoms with van der Waals surface area (Å²) >= 11 is 6.37. The molecule has 3 nitrogen and oxygen atoms in total. The fraction of sp³-hybridized carbons (Fsp3) is 0.667. The van der Waals surface area contributed by atoms with E-state index in [1.165, 1.54) is 18.5 Å². The zero-order valence-electron chi connectivity index (χ0n) is 13.7. The molecule has 0 amide bonds. The lowest BCUT2D eigenvalue weighted by Crippen LogP contribution is -2.55. The van der Waals surface area contributed by atoms with E-state index in [0.29, 0.717) is 5.92 Å². The van der Waals surface area contributed by atoms with Crippen molar-refractivity contribution in [2.45, 2.75) is 31.7 Å². The van der Waals surface area contributed by atoms with Crippen LogP contribution in [0.1, 0.15) is 31.7 Å². The van der Waals surface area contributed by atoms with Crippen LogP contribution in [-0.2, 0) is 4.74 Å². The monoisotopic (exact) mass is 322 g/mol. The highest BCUT2D eigenvalue weighted by atomic mass is 35.5. The summed E-state index contributed by atoms with van der Waals surface area (Å²) in [5.41, 5.74) is 1.52. The molecule has 0 aromatic heterocycles. The van der Waals surface area contributed by atoms with Crippen LogP contribution in [0.4, 0.5) is 0 Å². The first kappa shape index (κ1) is 16.3. The van der Waals surface area contributed by atoms with Gasteiger partial charge >= 0.3 is 0 Å². The summed E-state index contributed by atoms with van der Waals surface area (Å²) in [5.74, 6) is 0.578. The molecule has 122 valence electrons. The lowest BCUT2D eigenvalue weighted by atomic mass is 9.98. The first-order valence-electron chi connectivity index (χ1n) is 8.36. The van der Waals surface area contributed by atoms with E-state index in [1.807, 2.05) is 12.1 Å². The van der Waals surface area contributed by atoms with Crippen LogP contribution < -0.4 is 0 Å². The Morgan fingerprint density at radius 1 is 1.18 bits per heavy atom. The summed E-state index contributed by atoms with van der Waals surface area (Å²) in [6.45, 7) is 12.0. The third-order valence-corrected chi connectivity index (χ3v) is 5.44. The van der Waals surface area contributed by atoms with E-state index in [1.54, 1.807) is 0 Å². The van der Waals surface area contributed by atoms with Crippen LogP contribution in [0, 0.1) is 0 Å². The molecule has 2 aliphatic heterocycles. The Morgan fingerprint density at radius 2 is 1.91 bits per heavy atom. The summed E-state index contributed by atoms with van der Waals surface area (Å²) in [4.78, 5) is 5.17. The third-order valence-electron chi connectivity index (χ3n) is 5.10. The van der Waals surface area contributed by atoms with Gasteiger partial charge in [-0.15, -0.1) is 0 Å². The first-order valence-corrected chi connectivity index (χ1v) is 8.74. The van der Waals surface area contributed by atoms with Gasteiger partial charge in [-0.3, -0.25) is 4.90 Å². The van der Waals surface area contributed by atoms with Crippen LogP contribution in [-0.4, -0.2) is 61.3 Å². The highest BCUT2D eigenvalue weighted by Gasteiger charge is 2.33. The molecule has 0 bridgehead atoms. The van der Waals surface area contributed by atoms with E-state index in [4.69, 9.17) is 16.3 Å². The largest absolute Gasteiger partial charge is 0.379 e. The maximum Gasteiger partial charge on any atom is 0.0594 e. The number of rotatable bonds is 4. The van der Waals surface area contributed by atoms with Crippen LogP contribution in [0.2, 0.25) is 5.02 Å². The molecule has 3 rings (SSSR count). The number of morpholine rings is 1. The summed E-state index contributed by atoms with van der Waals surface area (Å²) in [6, 6.07) is 8.31. The third kappa shape index (κ3) is 3.65. The summed E-state index contributed by atoms with van der Waals surface area (Å²) in [7, 11) is 0. The second kappa shape index (κ2) is 6.88. The average molecular weight is 323 g/mol. The van der Waals surface area contributed by atoms with Crippen LogP contribution in [0.5, 0.6) is 0 Å². The predicted molar refractivity (Wildman–Crippen MR) is 91.7 cm³/mol. The Labute approximate surface area is 139 Å². The standard InChI is InChI=1S/C18H27ClN2O/c1-18(2,21-9-11-22-12-10-21)14-20-8-7-15(13-20)16-5-3-4-6-17(16)19/h3-6,15H,7-14H2,1-2H3. The van der Waals surface area contributed by atoms with E-state index in [2.05, 4.69) is 35.8 Å². The molecule has 0 spiro atoms. The average Bonchev–Trinajstić information content (AvgIpc) is 2.96. The number of hydrogen-bond donors (Lipinski definition) is 0. The van der Waals surface area contributed by atoms with Crippen LogP contribution in [0.3, 0.4) is 0 Å². The van der Waals surface area contributed by atoms with Gasteiger partial charge < -0.3 is 9.64 Å². The minimum absolute atomic E-state index is 0.207. The van der Waals surface area contributed by atoms with Gasteiger partial charge in [0, 0.05) is 36.7 Å². The Hall–Kier alpha value is -0.610. The molecule has 4 heteroatoms. The van der Waals surface area contributed by atoms with Crippen LogP contribution in [0.15, 0.2) is 24.3 Å². The van der Waals surface area contributed by atoms with Gasteiger partial charge in [-0.2, -0.15) is 0 Å². The number of nitrogens with zero attached hydrogens (tertiary/aromatic N) is 2. The Bertz CT molecular complexity index is 500. The number of ether oxygens (including phenoxy) is 1. The number of halogens is 1. The van der Waals surface area contributed by atoms with E-state index in [-0.39, 0.29) is 5.54 Å². The molecule has 2 fully saturated rings. The van der Waals surface area contributed by atoms with E-state index < -0.39 is 0 Å². The molecule has 22 heavy (non-hydrogen) atoms. The lowest BCUT2D eigenvalue weighted by molar-refractivity contribution is -0.0197. The highest BCUT2D eigenvalue weighted by Crippen LogP contribution is 2.33.